The second-order valence-electron chi connectivity index (χ2n) is 10.9. The number of ether oxygens (including phenoxy) is 3. The Balaban J connectivity index is 1.57. The molecule has 10 nitrogen and oxygen atoms in total. The number of amides is 1. The highest BCUT2D eigenvalue weighted by Gasteiger charge is 2.39. The van der Waals surface area contributed by atoms with Crippen LogP contribution >= 0.6 is 0 Å². The number of rotatable bonds is 8. The van der Waals surface area contributed by atoms with Crippen LogP contribution in [0.1, 0.15) is 35.3 Å². The lowest BCUT2D eigenvalue weighted by Crippen LogP contribution is -2.52. The van der Waals surface area contributed by atoms with Crippen molar-refractivity contribution in [3.8, 4) is 28.4 Å². The average molecular weight is 600 g/mol. The third-order valence-electron chi connectivity index (χ3n) is 7.41. The van der Waals surface area contributed by atoms with Gasteiger partial charge in [-0.25, -0.2) is 9.18 Å². The lowest BCUT2D eigenvalue weighted by Gasteiger charge is -2.39. The molecule has 5 rings (SSSR count). The number of halogens is 1. The van der Waals surface area contributed by atoms with Crippen LogP contribution in [0.15, 0.2) is 72.8 Å². The van der Waals surface area contributed by atoms with Gasteiger partial charge >= 0.3 is 5.97 Å². The first kappa shape index (κ1) is 30.0. The Morgan fingerprint density at radius 3 is 2.39 bits per heavy atom. The van der Waals surface area contributed by atoms with Gasteiger partial charge in [0, 0.05) is 30.3 Å². The molecule has 4 aromatic carbocycles. The van der Waals surface area contributed by atoms with Crippen molar-refractivity contribution in [3.63, 3.8) is 0 Å². The van der Waals surface area contributed by atoms with E-state index in [-0.39, 0.29) is 29.5 Å². The highest BCUT2D eigenvalue weighted by Crippen LogP contribution is 2.45. The summed E-state index contributed by atoms with van der Waals surface area (Å²) in [5.74, 6) is -0.382. The Bertz CT molecular complexity index is 1790. The lowest BCUT2D eigenvalue weighted by atomic mass is 9.91. The molecule has 1 aliphatic rings. The number of carbonyl (C=O) groups is 2. The standard InChI is InChI=1S/C33H30FN3O7/c1-19-6-11-22(37(40)41)16-28(19)43-18-26-24(14-15-27-30(26)36(4)32(39)33(2,3)35-27)25-13-12-23(17-29(25)42-5)44-31(38)20-7-9-21(34)10-8-20/h6-17,35H,18H2,1-5H3. The Hall–Kier alpha value is -5.45. The van der Waals surface area contributed by atoms with Crippen LogP contribution in [0.3, 0.4) is 0 Å². The number of hydrogen-bond donors (Lipinski definition) is 1. The zero-order valence-electron chi connectivity index (χ0n) is 24.8. The average Bonchev–Trinajstić information content (AvgIpc) is 2.99. The van der Waals surface area contributed by atoms with E-state index in [4.69, 9.17) is 14.2 Å². The fraction of sp³-hybridized carbons (Fsp3) is 0.212. The predicted octanol–water partition coefficient (Wildman–Crippen LogP) is 6.68. The number of carbonyl (C=O) groups excluding carboxylic acids is 2. The summed E-state index contributed by atoms with van der Waals surface area (Å²) in [7, 11) is 3.16. The number of esters is 1. The molecule has 0 radical (unpaired) electrons. The lowest BCUT2D eigenvalue weighted by molar-refractivity contribution is -0.385. The summed E-state index contributed by atoms with van der Waals surface area (Å²) >= 11 is 0. The van der Waals surface area contributed by atoms with Gasteiger partial charge < -0.3 is 24.4 Å². The predicted molar refractivity (Wildman–Crippen MR) is 163 cm³/mol. The minimum atomic E-state index is -0.855. The number of nitrogens with zero attached hydrogens (tertiary/aromatic N) is 2. The third kappa shape index (κ3) is 5.76. The molecule has 44 heavy (non-hydrogen) atoms. The molecule has 11 heteroatoms. The molecule has 0 fully saturated rings. The topological polar surface area (TPSA) is 120 Å². The number of nitro benzene ring substituents is 1. The molecule has 4 aromatic rings. The van der Waals surface area contributed by atoms with Crippen molar-refractivity contribution in [3.05, 3.63) is 105 Å². The van der Waals surface area contributed by atoms with Crippen LogP contribution in [0.4, 0.5) is 21.5 Å². The molecule has 0 aromatic heterocycles. The van der Waals surface area contributed by atoms with Crippen LogP contribution in [-0.2, 0) is 11.4 Å². The van der Waals surface area contributed by atoms with E-state index in [0.29, 0.717) is 45.1 Å². The maximum atomic E-state index is 13.3. The van der Waals surface area contributed by atoms with Gasteiger partial charge in [-0.3, -0.25) is 14.9 Å². The van der Waals surface area contributed by atoms with Crippen molar-refractivity contribution in [1.29, 1.82) is 0 Å². The molecule has 226 valence electrons. The molecule has 1 amide bonds. The van der Waals surface area contributed by atoms with Gasteiger partial charge in [0.25, 0.3) is 11.6 Å². The smallest absolute Gasteiger partial charge is 0.343 e. The van der Waals surface area contributed by atoms with E-state index in [1.165, 1.54) is 43.5 Å². The highest BCUT2D eigenvalue weighted by molar-refractivity contribution is 6.08. The molecule has 1 aliphatic heterocycles. The molecule has 0 saturated heterocycles. The van der Waals surface area contributed by atoms with E-state index >= 15 is 0 Å². The number of anilines is 2. The quantitative estimate of drug-likeness (QED) is 0.103. The first-order valence-corrected chi connectivity index (χ1v) is 13.7. The number of nitro groups is 1. The Kier molecular flexibility index (Phi) is 7.97. The number of benzene rings is 4. The summed E-state index contributed by atoms with van der Waals surface area (Å²) < 4.78 is 30.7. The van der Waals surface area contributed by atoms with Gasteiger partial charge in [-0.1, -0.05) is 6.07 Å². The summed E-state index contributed by atoms with van der Waals surface area (Å²) in [6, 6.07) is 18.0. The summed E-state index contributed by atoms with van der Waals surface area (Å²) in [6.45, 7) is 5.33. The van der Waals surface area contributed by atoms with Crippen molar-refractivity contribution in [1.82, 2.24) is 0 Å². The third-order valence-corrected chi connectivity index (χ3v) is 7.41. The second kappa shape index (κ2) is 11.7. The van der Waals surface area contributed by atoms with E-state index in [1.54, 1.807) is 57.0 Å². The Morgan fingerprint density at radius 1 is 1.00 bits per heavy atom. The number of likely N-dealkylation sites (N-methyl/N-ethyl adjacent to an activating group) is 1. The van der Waals surface area contributed by atoms with Crippen LogP contribution < -0.4 is 24.4 Å². The number of hydrogen-bond acceptors (Lipinski definition) is 8. The van der Waals surface area contributed by atoms with Crippen LogP contribution in [0.2, 0.25) is 0 Å². The Morgan fingerprint density at radius 2 is 1.70 bits per heavy atom. The largest absolute Gasteiger partial charge is 0.496 e. The number of aryl methyl sites for hydroxylation is 1. The fourth-order valence-electron chi connectivity index (χ4n) is 5.15. The van der Waals surface area contributed by atoms with Crippen molar-refractivity contribution in [2.75, 3.05) is 24.4 Å². The van der Waals surface area contributed by atoms with Gasteiger partial charge in [-0.05, 0) is 80.4 Å². The summed E-state index contributed by atoms with van der Waals surface area (Å²) in [6.07, 6.45) is 0. The zero-order valence-corrected chi connectivity index (χ0v) is 24.8. The number of non-ortho nitro benzene ring substituents is 1. The van der Waals surface area contributed by atoms with Crippen molar-refractivity contribution in [2.45, 2.75) is 32.9 Å². The molecule has 0 aliphatic carbocycles. The van der Waals surface area contributed by atoms with Gasteiger partial charge in [0.15, 0.2) is 0 Å². The first-order chi connectivity index (χ1) is 20.9. The van der Waals surface area contributed by atoms with Gasteiger partial charge in [-0.2, -0.15) is 0 Å². The number of nitrogens with one attached hydrogen (secondary N) is 1. The van der Waals surface area contributed by atoms with Crippen LogP contribution in [0, 0.1) is 22.9 Å². The highest BCUT2D eigenvalue weighted by atomic mass is 19.1. The Labute approximate surface area is 253 Å². The number of methoxy groups -OCH3 is 1. The molecule has 0 saturated carbocycles. The van der Waals surface area contributed by atoms with E-state index in [9.17, 15) is 24.1 Å². The second-order valence-corrected chi connectivity index (χ2v) is 10.9. The van der Waals surface area contributed by atoms with Crippen molar-refractivity contribution in [2.24, 2.45) is 0 Å². The minimum Gasteiger partial charge on any atom is -0.496 e. The molecular formula is C33H30FN3O7. The normalized spacial score (nSPS) is 13.5. The monoisotopic (exact) mass is 599 g/mol. The van der Waals surface area contributed by atoms with Crippen LogP contribution in [0.5, 0.6) is 17.2 Å². The molecule has 0 bridgehead atoms. The number of fused-ring (bicyclic) bond motifs is 1. The van der Waals surface area contributed by atoms with Crippen molar-refractivity contribution >= 4 is 28.9 Å². The molecule has 1 N–H and O–H groups in total. The summed E-state index contributed by atoms with van der Waals surface area (Å²) in [4.78, 5) is 38.4. The van der Waals surface area contributed by atoms with E-state index in [2.05, 4.69) is 5.32 Å². The summed E-state index contributed by atoms with van der Waals surface area (Å²) in [5.41, 5.74) is 3.14. The molecular weight excluding hydrogens is 569 g/mol. The van der Waals surface area contributed by atoms with E-state index in [0.717, 1.165) is 0 Å². The van der Waals surface area contributed by atoms with Gasteiger partial charge in [0.2, 0.25) is 0 Å². The SMILES string of the molecule is COc1cc(OC(=O)c2ccc(F)cc2)ccc1-c1ccc2c(c1COc1cc([N+](=O)[O-])ccc1C)N(C)C(=O)C(C)(C)N2. The summed E-state index contributed by atoms with van der Waals surface area (Å²) in [5, 5.41) is 14.7. The fourth-order valence-corrected chi connectivity index (χ4v) is 5.15. The first-order valence-electron chi connectivity index (χ1n) is 13.7. The molecule has 0 spiro atoms. The van der Waals surface area contributed by atoms with Gasteiger partial charge in [-0.15, -0.1) is 0 Å². The minimum absolute atomic E-state index is 0.0370. The molecule has 1 heterocycles. The molecule has 0 unspecified atom stereocenters. The maximum absolute atomic E-state index is 13.3. The van der Waals surface area contributed by atoms with Gasteiger partial charge in [0.1, 0.15) is 35.2 Å². The van der Waals surface area contributed by atoms with Crippen molar-refractivity contribution < 1.29 is 33.1 Å². The zero-order chi connectivity index (χ0) is 31.8. The van der Waals surface area contributed by atoms with Gasteiger partial charge in [0.05, 0.1) is 35.0 Å². The van der Waals surface area contributed by atoms with E-state index in [1.807, 2.05) is 12.1 Å². The van der Waals surface area contributed by atoms with Crippen LogP contribution in [-0.4, -0.2) is 36.5 Å². The van der Waals surface area contributed by atoms with E-state index < -0.39 is 22.2 Å². The molecule has 0 atom stereocenters. The maximum Gasteiger partial charge on any atom is 0.343 e. The van der Waals surface area contributed by atoms with Crippen LogP contribution in [0.25, 0.3) is 11.1 Å².